The van der Waals surface area contributed by atoms with Crippen LogP contribution in [0.1, 0.15) is 24.1 Å². The van der Waals surface area contributed by atoms with Crippen molar-refractivity contribution in [3.63, 3.8) is 0 Å². The molecule has 0 atom stereocenters. The minimum absolute atomic E-state index is 0.486. The predicted molar refractivity (Wildman–Crippen MR) is 73.6 cm³/mol. The molecule has 6 heteroatoms. The maximum atomic E-state index is 5.37. The number of nitrogens with zero attached hydrogens (tertiary/aromatic N) is 3. The van der Waals surface area contributed by atoms with Crippen LogP contribution < -0.4 is 4.74 Å². The molecule has 2 aromatic rings. The van der Waals surface area contributed by atoms with Crippen LogP contribution in [0.25, 0.3) is 11.5 Å². The summed E-state index contributed by atoms with van der Waals surface area (Å²) in [4.78, 5) is 7.77. The van der Waals surface area contributed by atoms with Crippen molar-refractivity contribution < 1.29 is 4.74 Å². The average Bonchev–Trinajstić information content (AvgIpc) is 2.47. The van der Waals surface area contributed by atoms with Crippen LogP contribution in [0.5, 0.6) is 5.88 Å². The van der Waals surface area contributed by atoms with E-state index in [0.29, 0.717) is 22.0 Å². The summed E-state index contributed by atoms with van der Waals surface area (Å²) in [6, 6.07) is 3.59. The molecular weight excluding hydrogens is 260 g/mol. The van der Waals surface area contributed by atoms with E-state index in [-0.39, 0.29) is 0 Å². The molecule has 0 aromatic carbocycles. The Morgan fingerprint density at radius 3 is 2.79 bits per heavy atom. The maximum Gasteiger partial charge on any atom is 0.233 e. The lowest BCUT2D eigenvalue weighted by Gasteiger charge is -2.16. The van der Waals surface area contributed by atoms with Crippen molar-refractivity contribution in [2.45, 2.75) is 25.7 Å². The fourth-order valence-electron chi connectivity index (χ4n) is 2.30. The number of rotatable bonds is 2. The monoisotopic (exact) mass is 274 g/mol. The normalized spacial score (nSPS) is 13.9. The van der Waals surface area contributed by atoms with Gasteiger partial charge >= 0.3 is 0 Å². The topological polar surface area (TPSA) is 63.7 Å². The van der Waals surface area contributed by atoms with Gasteiger partial charge in [-0.3, -0.25) is 0 Å². The molecule has 1 aliphatic carbocycles. The zero-order valence-corrected chi connectivity index (χ0v) is 11.5. The van der Waals surface area contributed by atoms with Crippen molar-refractivity contribution in [3.8, 4) is 17.4 Å². The molecule has 0 saturated carbocycles. The van der Waals surface area contributed by atoms with Crippen LogP contribution in [0.4, 0.5) is 0 Å². The molecule has 3 rings (SSSR count). The van der Waals surface area contributed by atoms with Crippen LogP contribution in [0.2, 0.25) is 0 Å². The van der Waals surface area contributed by atoms with E-state index >= 15 is 0 Å². The summed E-state index contributed by atoms with van der Waals surface area (Å²) in [5, 5.41) is 8.04. The second kappa shape index (κ2) is 5.05. The molecule has 98 valence electrons. The van der Waals surface area contributed by atoms with Crippen molar-refractivity contribution in [1.29, 1.82) is 0 Å². The summed E-state index contributed by atoms with van der Waals surface area (Å²) < 4.78 is 5.68. The van der Waals surface area contributed by atoms with Gasteiger partial charge in [-0.2, -0.15) is 0 Å². The molecule has 0 bridgehead atoms. The first-order chi connectivity index (χ1) is 9.28. The summed E-state index contributed by atoms with van der Waals surface area (Å²) in [7, 11) is 1.56. The Hall–Kier alpha value is -1.82. The standard InChI is InChI=1S/C13H14N4OS/c1-18-11-7-6-10(16-17-11)12-14-9-5-3-2-4-8(9)13(19)15-12/h6-7H,2-5H2,1H3,(H,14,15,19). The molecule has 2 heterocycles. The van der Waals surface area contributed by atoms with Crippen LogP contribution in [0.15, 0.2) is 12.1 Å². The van der Waals surface area contributed by atoms with Crippen molar-refractivity contribution in [1.82, 2.24) is 20.2 Å². The molecule has 2 aromatic heterocycles. The number of hydrogen-bond acceptors (Lipinski definition) is 5. The molecule has 5 nitrogen and oxygen atoms in total. The first kappa shape index (κ1) is 12.2. The van der Waals surface area contributed by atoms with Gasteiger partial charge in [0, 0.05) is 17.3 Å². The van der Waals surface area contributed by atoms with E-state index in [4.69, 9.17) is 17.0 Å². The van der Waals surface area contributed by atoms with E-state index in [2.05, 4.69) is 20.2 Å². The smallest absolute Gasteiger partial charge is 0.233 e. The molecular formula is C13H14N4OS. The SMILES string of the molecule is COc1ccc(-c2nc(=S)c3c([nH]2)CCCC3)nn1. The molecule has 0 spiro atoms. The summed E-state index contributed by atoms with van der Waals surface area (Å²) in [6.45, 7) is 0. The van der Waals surface area contributed by atoms with Gasteiger partial charge in [0.05, 0.1) is 7.11 Å². The Labute approximate surface area is 116 Å². The summed E-state index contributed by atoms with van der Waals surface area (Å²) in [5.74, 6) is 1.17. The van der Waals surface area contributed by atoms with E-state index in [1.165, 1.54) is 24.1 Å². The van der Waals surface area contributed by atoms with Crippen LogP contribution in [-0.4, -0.2) is 27.3 Å². The quantitative estimate of drug-likeness (QED) is 0.852. The number of H-pyrrole nitrogens is 1. The third-order valence-corrected chi connectivity index (χ3v) is 3.64. The lowest BCUT2D eigenvalue weighted by molar-refractivity contribution is 0.392. The van der Waals surface area contributed by atoms with Crippen LogP contribution in [0.3, 0.4) is 0 Å². The van der Waals surface area contributed by atoms with Gasteiger partial charge in [-0.25, -0.2) is 4.98 Å². The minimum Gasteiger partial charge on any atom is -0.480 e. The Bertz CT molecular complexity index is 651. The third kappa shape index (κ3) is 2.35. The molecule has 0 aliphatic heterocycles. The highest BCUT2D eigenvalue weighted by Crippen LogP contribution is 2.22. The summed E-state index contributed by atoms with van der Waals surface area (Å²) in [6.07, 6.45) is 4.42. The maximum absolute atomic E-state index is 5.37. The highest BCUT2D eigenvalue weighted by molar-refractivity contribution is 7.71. The highest BCUT2D eigenvalue weighted by atomic mass is 32.1. The van der Waals surface area contributed by atoms with Gasteiger partial charge in [0.15, 0.2) is 5.82 Å². The van der Waals surface area contributed by atoms with E-state index in [0.717, 1.165) is 12.8 Å². The van der Waals surface area contributed by atoms with Gasteiger partial charge in [0.2, 0.25) is 5.88 Å². The minimum atomic E-state index is 0.486. The predicted octanol–water partition coefficient (Wildman–Crippen LogP) is 2.48. The van der Waals surface area contributed by atoms with Gasteiger partial charge in [0.1, 0.15) is 10.3 Å². The third-order valence-electron chi connectivity index (χ3n) is 3.30. The number of aryl methyl sites for hydroxylation is 1. The Morgan fingerprint density at radius 2 is 2.05 bits per heavy atom. The number of nitrogens with one attached hydrogen (secondary N) is 1. The van der Waals surface area contributed by atoms with E-state index in [9.17, 15) is 0 Å². The molecule has 0 saturated heterocycles. The zero-order chi connectivity index (χ0) is 13.2. The molecule has 1 aliphatic rings. The lowest BCUT2D eigenvalue weighted by atomic mass is 9.97. The fraction of sp³-hybridized carbons (Fsp3) is 0.385. The van der Waals surface area contributed by atoms with E-state index < -0.39 is 0 Å². The summed E-state index contributed by atoms with van der Waals surface area (Å²) in [5.41, 5.74) is 3.06. The summed E-state index contributed by atoms with van der Waals surface area (Å²) >= 11 is 5.37. The first-order valence-corrected chi connectivity index (χ1v) is 6.69. The van der Waals surface area contributed by atoms with E-state index in [1.807, 2.05) is 6.07 Å². The highest BCUT2D eigenvalue weighted by Gasteiger charge is 2.14. The van der Waals surface area contributed by atoms with Crippen molar-refractivity contribution in [2.75, 3.05) is 7.11 Å². The van der Waals surface area contributed by atoms with Crippen molar-refractivity contribution in [3.05, 3.63) is 28.0 Å². The van der Waals surface area contributed by atoms with Crippen molar-refractivity contribution in [2.24, 2.45) is 0 Å². The number of aromatic amines is 1. The van der Waals surface area contributed by atoms with Crippen LogP contribution >= 0.6 is 12.2 Å². The number of methoxy groups -OCH3 is 1. The zero-order valence-electron chi connectivity index (χ0n) is 10.6. The van der Waals surface area contributed by atoms with Gasteiger partial charge in [-0.15, -0.1) is 10.2 Å². The molecule has 0 fully saturated rings. The van der Waals surface area contributed by atoms with Gasteiger partial charge < -0.3 is 9.72 Å². The average molecular weight is 274 g/mol. The molecule has 1 N–H and O–H groups in total. The van der Waals surface area contributed by atoms with Gasteiger partial charge in [-0.05, 0) is 31.7 Å². The number of ether oxygens (including phenoxy) is 1. The Kier molecular flexibility index (Phi) is 3.25. The number of hydrogen-bond donors (Lipinski definition) is 1. The number of aromatic nitrogens is 4. The molecule has 0 radical (unpaired) electrons. The molecule has 19 heavy (non-hydrogen) atoms. The second-order valence-corrected chi connectivity index (χ2v) is 4.90. The first-order valence-electron chi connectivity index (χ1n) is 6.28. The van der Waals surface area contributed by atoms with Gasteiger partial charge in [-0.1, -0.05) is 12.2 Å². The Balaban J connectivity index is 2.05. The van der Waals surface area contributed by atoms with E-state index in [1.54, 1.807) is 13.2 Å². The van der Waals surface area contributed by atoms with Crippen LogP contribution in [0, 0.1) is 4.64 Å². The fourth-order valence-corrected chi connectivity index (χ4v) is 2.61. The van der Waals surface area contributed by atoms with Crippen LogP contribution in [-0.2, 0) is 12.8 Å². The lowest BCUT2D eigenvalue weighted by Crippen LogP contribution is -2.09. The van der Waals surface area contributed by atoms with Crippen molar-refractivity contribution >= 4 is 12.2 Å². The van der Waals surface area contributed by atoms with Gasteiger partial charge in [0.25, 0.3) is 0 Å². The number of fused-ring (bicyclic) bond motifs is 1. The largest absolute Gasteiger partial charge is 0.480 e. The second-order valence-electron chi connectivity index (χ2n) is 4.52. The Morgan fingerprint density at radius 1 is 1.21 bits per heavy atom. The molecule has 0 unspecified atom stereocenters. The molecule has 0 amide bonds.